The quantitative estimate of drug-likeness (QED) is 0.252. The Morgan fingerprint density at radius 2 is 1.70 bits per heavy atom. The standard InChI is InChI=1S/C31H44N4O8S/c1-20(36)34-24-13-11-21-18-27(41-4)30(42-5)31(43-6)29(21)22-12-14-25(26(37)19-23(22)24)32-15-9-7-8-10-28(38)33-16-17-44(39,40)35(2)3/h12,14,18-19,24H,7-11,13,15-17H2,1-6H3,(H,32,37)(H,33,38)(H,34,36). The molecule has 2 amide bonds. The van der Waals surface area contributed by atoms with Crippen LogP contribution >= 0.6 is 0 Å². The van der Waals surface area contributed by atoms with E-state index in [4.69, 9.17) is 14.2 Å². The second kappa shape index (κ2) is 15.8. The number of aryl methyl sites for hydroxylation is 1. The van der Waals surface area contributed by atoms with E-state index in [1.165, 1.54) is 21.0 Å². The van der Waals surface area contributed by atoms with Gasteiger partial charge in [0.25, 0.3) is 0 Å². The van der Waals surface area contributed by atoms with Gasteiger partial charge in [-0.3, -0.25) is 14.4 Å². The summed E-state index contributed by atoms with van der Waals surface area (Å²) in [5.41, 5.74) is 3.38. The first-order valence-electron chi connectivity index (χ1n) is 14.6. The first-order valence-corrected chi connectivity index (χ1v) is 16.2. The van der Waals surface area contributed by atoms with Gasteiger partial charge in [0, 0.05) is 46.1 Å². The van der Waals surface area contributed by atoms with Gasteiger partial charge in [-0.2, -0.15) is 0 Å². The van der Waals surface area contributed by atoms with Crippen molar-refractivity contribution in [1.82, 2.24) is 14.9 Å². The first-order chi connectivity index (χ1) is 20.9. The van der Waals surface area contributed by atoms with Gasteiger partial charge in [0.15, 0.2) is 11.5 Å². The number of rotatable bonds is 15. The van der Waals surface area contributed by atoms with Crippen molar-refractivity contribution < 1.29 is 32.2 Å². The first kappa shape index (κ1) is 34.6. The number of methoxy groups -OCH3 is 3. The van der Waals surface area contributed by atoms with Crippen LogP contribution in [0.5, 0.6) is 17.2 Å². The molecule has 3 rings (SSSR count). The van der Waals surface area contributed by atoms with Gasteiger partial charge in [-0.1, -0.05) is 12.5 Å². The molecule has 1 aliphatic carbocycles. The summed E-state index contributed by atoms with van der Waals surface area (Å²) in [5.74, 6) is 0.934. The number of hydrogen-bond acceptors (Lipinski definition) is 9. The van der Waals surface area contributed by atoms with Crippen molar-refractivity contribution in [3.8, 4) is 28.4 Å². The number of carbonyl (C=O) groups excluding carboxylic acids is 2. The van der Waals surface area contributed by atoms with Gasteiger partial charge < -0.3 is 30.2 Å². The number of benzene rings is 1. The summed E-state index contributed by atoms with van der Waals surface area (Å²) in [6, 6.07) is 6.70. The van der Waals surface area contributed by atoms with Gasteiger partial charge in [-0.25, -0.2) is 12.7 Å². The van der Waals surface area contributed by atoms with Crippen LogP contribution in [-0.2, 0) is 26.0 Å². The van der Waals surface area contributed by atoms with Crippen molar-refractivity contribution in [2.24, 2.45) is 0 Å². The Bertz CT molecular complexity index is 1510. The minimum atomic E-state index is -3.35. The third-order valence-electron chi connectivity index (χ3n) is 7.55. The highest BCUT2D eigenvalue weighted by Crippen LogP contribution is 2.50. The molecule has 3 N–H and O–H groups in total. The Hall–Kier alpha value is -3.84. The molecule has 0 heterocycles. The molecule has 12 nitrogen and oxygen atoms in total. The lowest BCUT2D eigenvalue weighted by Crippen LogP contribution is -2.33. The van der Waals surface area contributed by atoms with Crippen LogP contribution in [0, 0.1) is 0 Å². The molecule has 1 aliphatic rings. The van der Waals surface area contributed by atoms with E-state index in [1.807, 2.05) is 12.1 Å². The number of anilines is 1. The molecule has 13 heteroatoms. The van der Waals surface area contributed by atoms with Gasteiger partial charge >= 0.3 is 0 Å². The summed E-state index contributed by atoms with van der Waals surface area (Å²) in [7, 11) is 4.22. The number of ether oxygens (including phenoxy) is 3. The summed E-state index contributed by atoms with van der Waals surface area (Å²) in [6.45, 7) is 2.05. The number of unbranched alkanes of at least 4 members (excludes halogenated alkanes) is 2. The lowest BCUT2D eigenvalue weighted by Gasteiger charge is -2.19. The smallest absolute Gasteiger partial charge is 0.220 e. The Labute approximate surface area is 259 Å². The number of nitrogens with zero attached hydrogens (tertiary/aromatic N) is 1. The molecule has 0 radical (unpaired) electrons. The number of nitrogens with one attached hydrogen (secondary N) is 3. The molecule has 2 aromatic carbocycles. The van der Waals surface area contributed by atoms with Gasteiger partial charge in [-0.15, -0.1) is 0 Å². The molecule has 0 fully saturated rings. The van der Waals surface area contributed by atoms with Crippen molar-refractivity contribution in [1.29, 1.82) is 0 Å². The zero-order valence-electron chi connectivity index (χ0n) is 26.4. The maximum atomic E-state index is 13.4. The number of amides is 2. The predicted molar refractivity (Wildman–Crippen MR) is 170 cm³/mol. The molecule has 0 spiro atoms. The van der Waals surface area contributed by atoms with E-state index in [0.717, 1.165) is 33.8 Å². The average Bonchev–Trinajstić information content (AvgIpc) is 3.21. The normalized spacial score (nSPS) is 14.1. The monoisotopic (exact) mass is 632 g/mol. The fraction of sp³-hybridized carbons (Fsp3) is 0.516. The van der Waals surface area contributed by atoms with Crippen LogP contribution in [0.4, 0.5) is 5.69 Å². The number of fused-ring (bicyclic) bond motifs is 3. The highest BCUT2D eigenvalue weighted by molar-refractivity contribution is 7.89. The Morgan fingerprint density at radius 3 is 2.34 bits per heavy atom. The second-order valence-corrected chi connectivity index (χ2v) is 13.1. The molecule has 0 aromatic heterocycles. The zero-order valence-corrected chi connectivity index (χ0v) is 27.2. The van der Waals surface area contributed by atoms with E-state index in [1.54, 1.807) is 33.5 Å². The van der Waals surface area contributed by atoms with Crippen molar-refractivity contribution in [2.45, 2.75) is 51.5 Å². The molecule has 0 aliphatic heterocycles. The number of sulfonamides is 1. The van der Waals surface area contributed by atoms with Gasteiger partial charge in [0.05, 0.1) is 38.8 Å². The summed E-state index contributed by atoms with van der Waals surface area (Å²) in [5, 5.41) is 8.87. The van der Waals surface area contributed by atoms with E-state index in [2.05, 4.69) is 16.0 Å². The zero-order chi connectivity index (χ0) is 32.4. The SMILES string of the molecule is COc1cc2c(c(OC)c1OC)-c1ccc(NCCCCCC(=O)NCCS(=O)(=O)N(C)C)c(=O)cc1C(NC(C)=O)CC2. The van der Waals surface area contributed by atoms with Gasteiger partial charge in [0.1, 0.15) is 0 Å². The minimum absolute atomic E-state index is 0.0711. The van der Waals surface area contributed by atoms with Crippen LogP contribution < -0.4 is 35.6 Å². The van der Waals surface area contributed by atoms with Crippen molar-refractivity contribution in [2.75, 3.05) is 59.6 Å². The van der Waals surface area contributed by atoms with Crippen LogP contribution in [0.25, 0.3) is 11.1 Å². The highest BCUT2D eigenvalue weighted by Gasteiger charge is 2.29. The van der Waals surface area contributed by atoms with Crippen molar-refractivity contribution in [3.63, 3.8) is 0 Å². The third kappa shape index (κ3) is 8.63. The van der Waals surface area contributed by atoms with Gasteiger partial charge in [-0.05, 0) is 60.6 Å². The Balaban J connectivity index is 1.75. The van der Waals surface area contributed by atoms with Crippen molar-refractivity contribution in [3.05, 3.63) is 45.6 Å². The minimum Gasteiger partial charge on any atom is -0.493 e. The lowest BCUT2D eigenvalue weighted by atomic mass is 9.95. The van der Waals surface area contributed by atoms with Crippen LogP contribution in [-0.4, -0.2) is 78.8 Å². The predicted octanol–water partition coefficient (Wildman–Crippen LogP) is 2.84. The summed E-state index contributed by atoms with van der Waals surface area (Å²) < 4.78 is 41.8. The fourth-order valence-electron chi connectivity index (χ4n) is 5.25. The molecule has 242 valence electrons. The molecule has 0 saturated heterocycles. The second-order valence-electron chi connectivity index (χ2n) is 10.8. The highest BCUT2D eigenvalue weighted by atomic mass is 32.2. The number of hydrogen-bond donors (Lipinski definition) is 3. The Kier molecular flexibility index (Phi) is 12.4. The molecule has 1 atom stereocenters. The third-order valence-corrected chi connectivity index (χ3v) is 9.38. The molecule has 0 bridgehead atoms. The van der Waals surface area contributed by atoms with E-state index < -0.39 is 16.1 Å². The average molecular weight is 633 g/mol. The summed E-state index contributed by atoms with van der Waals surface area (Å²) in [4.78, 5) is 37.6. The molecule has 1 unspecified atom stereocenters. The van der Waals surface area contributed by atoms with E-state index in [9.17, 15) is 22.8 Å². The van der Waals surface area contributed by atoms with Crippen LogP contribution in [0.3, 0.4) is 0 Å². The molecule has 44 heavy (non-hydrogen) atoms. The maximum absolute atomic E-state index is 13.4. The maximum Gasteiger partial charge on any atom is 0.220 e. The van der Waals surface area contributed by atoms with Crippen LogP contribution in [0.1, 0.15) is 56.2 Å². The summed E-state index contributed by atoms with van der Waals surface area (Å²) in [6.07, 6.45) is 3.58. The molecular formula is C31H44N4O8S. The van der Waals surface area contributed by atoms with Crippen molar-refractivity contribution >= 4 is 27.5 Å². The summed E-state index contributed by atoms with van der Waals surface area (Å²) >= 11 is 0. The topological polar surface area (TPSA) is 152 Å². The Morgan fingerprint density at radius 1 is 0.977 bits per heavy atom. The number of carbonyl (C=O) groups is 2. The van der Waals surface area contributed by atoms with Gasteiger partial charge in [0.2, 0.25) is 33.0 Å². The van der Waals surface area contributed by atoms with Crippen LogP contribution in [0.15, 0.2) is 29.1 Å². The fourth-order valence-corrected chi connectivity index (χ4v) is 5.98. The van der Waals surface area contributed by atoms with E-state index >= 15 is 0 Å². The van der Waals surface area contributed by atoms with E-state index in [-0.39, 0.29) is 29.5 Å². The molecular weight excluding hydrogens is 588 g/mol. The van der Waals surface area contributed by atoms with E-state index in [0.29, 0.717) is 60.7 Å². The lowest BCUT2D eigenvalue weighted by molar-refractivity contribution is -0.121. The largest absolute Gasteiger partial charge is 0.493 e. The molecule has 2 aromatic rings. The molecule has 0 saturated carbocycles. The van der Waals surface area contributed by atoms with Crippen LogP contribution in [0.2, 0.25) is 0 Å².